The topological polar surface area (TPSA) is 21.7 Å². The lowest BCUT2D eigenvalue weighted by Crippen LogP contribution is -2.40. The summed E-state index contributed by atoms with van der Waals surface area (Å²) in [4.78, 5) is 2.20. The highest BCUT2D eigenvalue weighted by Gasteiger charge is 2.20. The molecule has 0 radical (unpaired) electrons. The molecule has 1 heterocycles. The normalized spacial score (nSPS) is 21.2. The van der Waals surface area contributed by atoms with Crippen molar-refractivity contribution in [3.05, 3.63) is 48.2 Å². The molecule has 3 heteroatoms. The fourth-order valence-electron chi connectivity index (χ4n) is 1.99. The number of hydrogen-bond acceptors (Lipinski definition) is 3. The molecule has 2 rings (SSSR count). The zero-order valence-electron chi connectivity index (χ0n) is 10.3. The first-order valence-electron chi connectivity index (χ1n) is 5.88. The second-order valence-corrected chi connectivity index (χ2v) is 4.48. The number of hydrogen-bond donors (Lipinski definition) is 0. The molecule has 3 nitrogen and oxygen atoms in total. The van der Waals surface area contributed by atoms with Gasteiger partial charge in [-0.25, -0.2) is 0 Å². The summed E-state index contributed by atoms with van der Waals surface area (Å²) in [6, 6.07) is 10.2. The van der Waals surface area contributed by atoms with Gasteiger partial charge in [-0.15, -0.1) is 0 Å². The van der Waals surface area contributed by atoms with Crippen molar-refractivity contribution < 1.29 is 9.47 Å². The molecule has 0 aromatic heterocycles. The van der Waals surface area contributed by atoms with Crippen LogP contribution in [0.25, 0.3) is 0 Å². The molecule has 0 N–H and O–H groups in total. The van der Waals surface area contributed by atoms with E-state index in [2.05, 4.69) is 30.7 Å². The molecule has 1 aliphatic rings. The fraction of sp³-hybridized carbons (Fsp3) is 0.429. The molecule has 0 saturated carbocycles. The zero-order chi connectivity index (χ0) is 12.1. The number of ether oxygens (including phenoxy) is 2. The van der Waals surface area contributed by atoms with E-state index in [0.29, 0.717) is 13.2 Å². The van der Waals surface area contributed by atoms with Gasteiger partial charge in [-0.2, -0.15) is 0 Å². The summed E-state index contributed by atoms with van der Waals surface area (Å²) in [6.45, 7) is 6.82. The minimum Gasteiger partial charge on any atom is -0.490 e. The first-order valence-corrected chi connectivity index (χ1v) is 5.88. The first kappa shape index (κ1) is 12.1. The van der Waals surface area contributed by atoms with Crippen LogP contribution in [-0.4, -0.2) is 37.7 Å². The van der Waals surface area contributed by atoms with Crippen molar-refractivity contribution >= 4 is 0 Å². The Bertz CT molecular complexity index is 364. The van der Waals surface area contributed by atoms with Crippen LogP contribution in [0.5, 0.6) is 0 Å². The highest BCUT2D eigenvalue weighted by molar-refractivity contribution is 5.13. The molecule has 1 aromatic rings. The zero-order valence-corrected chi connectivity index (χ0v) is 10.3. The molecule has 1 saturated heterocycles. The predicted octanol–water partition coefficient (Wildman–Crippen LogP) is 2.05. The standard InChI is InChI=1S/C14H19NO2/c1-12-8-15(2)9-14(17-12)11-16-10-13-6-4-3-5-7-13/h3-7,14H,1,8-11H2,2H3/t14-/m1/s1. The number of benzene rings is 1. The fourth-order valence-corrected chi connectivity index (χ4v) is 1.99. The monoisotopic (exact) mass is 233 g/mol. The molecular weight excluding hydrogens is 214 g/mol. The van der Waals surface area contributed by atoms with Crippen molar-refractivity contribution in [3.8, 4) is 0 Å². The molecule has 1 fully saturated rings. The first-order chi connectivity index (χ1) is 8.24. The van der Waals surface area contributed by atoms with E-state index in [1.165, 1.54) is 5.56 Å². The van der Waals surface area contributed by atoms with E-state index < -0.39 is 0 Å². The van der Waals surface area contributed by atoms with Gasteiger partial charge >= 0.3 is 0 Å². The van der Waals surface area contributed by atoms with Gasteiger partial charge in [0.15, 0.2) is 0 Å². The molecule has 92 valence electrons. The third-order valence-electron chi connectivity index (χ3n) is 2.71. The summed E-state index contributed by atoms with van der Waals surface area (Å²) in [7, 11) is 2.07. The molecule has 0 aliphatic carbocycles. The van der Waals surface area contributed by atoms with Gasteiger partial charge in [-0.05, 0) is 12.6 Å². The maximum atomic E-state index is 5.66. The molecule has 17 heavy (non-hydrogen) atoms. The second-order valence-electron chi connectivity index (χ2n) is 4.48. The third-order valence-corrected chi connectivity index (χ3v) is 2.71. The molecular formula is C14H19NO2. The lowest BCUT2D eigenvalue weighted by Gasteiger charge is -2.31. The largest absolute Gasteiger partial charge is 0.490 e. The quantitative estimate of drug-likeness (QED) is 0.794. The Morgan fingerprint density at radius 1 is 1.41 bits per heavy atom. The highest BCUT2D eigenvalue weighted by Crippen LogP contribution is 2.12. The van der Waals surface area contributed by atoms with Gasteiger partial charge in [0.05, 0.1) is 19.8 Å². The summed E-state index contributed by atoms with van der Waals surface area (Å²) >= 11 is 0. The number of likely N-dealkylation sites (N-methyl/N-ethyl adjacent to an activating group) is 1. The summed E-state index contributed by atoms with van der Waals surface area (Å²) in [5, 5.41) is 0. The smallest absolute Gasteiger partial charge is 0.134 e. The Hall–Kier alpha value is -1.32. The van der Waals surface area contributed by atoms with Gasteiger partial charge in [-0.3, -0.25) is 4.90 Å². The maximum absolute atomic E-state index is 5.66. The van der Waals surface area contributed by atoms with Crippen LogP contribution in [0.15, 0.2) is 42.7 Å². The minimum absolute atomic E-state index is 0.102. The van der Waals surface area contributed by atoms with E-state index in [1.54, 1.807) is 0 Å². The van der Waals surface area contributed by atoms with Crippen LogP contribution >= 0.6 is 0 Å². The van der Waals surface area contributed by atoms with Crippen LogP contribution in [0.3, 0.4) is 0 Å². The van der Waals surface area contributed by atoms with Crippen LogP contribution in [0.4, 0.5) is 0 Å². The van der Waals surface area contributed by atoms with Crippen molar-refractivity contribution in [2.75, 3.05) is 26.7 Å². The van der Waals surface area contributed by atoms with Crippen LogP contribution in [-0.2, 0) is 16.1 Å². The van der Waals surface area contributed by atoms with E-state index in [0.717, 1.165) is 18.8 Å². The molecule has 0 amide bonds. The Kier molecular flexibility index (Phi) is 4.18. The maximum Gasteiger partial charge on any atom is 0.134 e. The van der Waals surface area contributed by atoms with E-state index >= 15 is 0 Å². The summed E-state index contributed by atoms with van der Waals surface area (Å²) in [5.74, 6) is 0.826. The van der Waals surface area contributed by atoms with E-state index in [1.807, 2.05) is 18.2 Å². The van der Waals surface area contributed by atoms with Crippen LogP contribution < -0.4 is 0 Å². The van der Waals surface area contributed by atoms with Gasteiger partial charge in [0.1, 0.15) is 11.9 Å². The lowest BCUT2D eigenvalue weighted by molar-refractivity contribution is -0.0312. The van der Waals surface area contributed by atoms with Crippen LogP contribution in [0, 0.1) is 0 Å². The Morgan fingerprint density at radius 3 is 2.88 bits per heavy atom. The minimum atomic E-state index is 0.102. The molecule has 0 unspecified atom stereocenters. The van der Waals surface area contributed by atoms with E-state index in [4.69, 9.17) is 9.47 Å². The number of morpholine rings is 1. The van der Waals surface area contributed by atoms with Crippen molar-refractivity contribution in [1.82, 2.24) is 4.90 Å². The summed E-state index contributed by atoms with van der Waals surface area (Å²) in [5.41, 5.74) is 1.19. The number of nitrogens with zero attached hydrogens (tertiary/aromatic N) is 1. The average Bonchev–Trinajstić information content (AvgIpc) is 2.29. The Morgan fingerprint density at radius 2 is 2.18 bits per heavy atom. The van der Waals surface area contributed by atoms with Crippen molar-refractivity contribution in [2.45, 2.75) is 12.7 Å². The van der Waals surface area contributed by atoms with E-state index in [-0.39, 0.29) is 6.10 Å². The SMILES string of the molecule is C=C1CN(C)C[C@H](COCc2ccccc2)O1. The molecule has 0 bridgehead atoms. The highest BCUT2D eigenvalue weighted by atomic mass is 16.5. The van der Waals surface area contributed by atoms with Gasteiger partial charge in [0.25, 0.3) is 0 Å². The predicted molar refractivity (Wildman–Crippen MR) is 67.6 cm³/mol. The van der Waals surface area contributed by atoms with Crippen molar-refractivity contribution in [3.63, 3.8) is 0 Å². The van der Waals surface area contributed by atoms with Gasteiger partial charge in [0.2, 0.25) is 0 Å². The van der Waals surface area contributed by atoms with Gasteiger partial charge in [0, 0.05) is 6.54 Å². The summed E-state index contributed by atoms with van der Waals surface area (Å²) in [6.07, 6.45) is 0.102. The van der Waals surface area contributed by atoms with Gasteiger partial charge < -0.3 is 9.47 Å². The molecule has 1 atom stereocenters. The second kappa shape index (κ2) is 5.84. The molecule has 1 aliphatic heterocycles. The average molecular weight is 233 g/mol. The molecule has 1 aromatic carbocycles. The third kappa shape index (κ3) is 3.88. The van der Waals surface area contributed by atoms with Crippen LogP contribution in [0.2, 0.25) is 0 Å². The van der Waals surface area contributed by atoms with Crippen LogP contribution in [0.1, 0.15) is 5.56 Å². The number of rotatable bonds is 4. The Balaban J connectivity index is 1.73. The van der Waals surface area contributed by atoms with Gasteiger partial charge in [-0.1, -0.05) is 36.9 Å². The van der Waals surface area contributed by atoms with Crippen molar-refractivity contribution in [1.29, 1.82) is 0 Å². The van der Waals surface area contributed by atoms with Crippen molar-refractivity contribution in [2.24, 2.45) is 0 Å². The molecule has 0 spiro atoms. The lowest BCUT2D eigenvalue weighted by atomic mass is 10.2. The van der Waals surface area contributed by atoms with E-state index in [9.17, 15) is 0 Å². The summed E-state index contributed by atoms with van der Waals surface area (Å²) < 4.78 is 11.3. The Labute approximate surface area is 103 Å².